The number of hydrazone groups is 1. The van der Waals surface area contributed by atoms with Crippen LogP contribution in [0.5, 0.6) is 11.5 Å². The number of benzene rings is 2. The van der Waals surface area contributed by atoms with Gasteiger partial charge in [-0.15, -0.1) is 0 Å². The Morgan fingerprint density at radius 3 is 2.57 bits per heavy atom. The van der Waals surface area contributed by atoms with Crippen molar-refractivity contribution in [3.63, 3.8) is 0 Å². The molecule has 0 aliphatic carbocycles. The van der Waals surface area contributed by atoms with Crippen LogP contribution in [0.25, 0.3) is 11.3 Å². The Hall–Kier alpha value is -3.40. The van der Waals surface area contributed by atoms with Gasteiger partial charge in [-0.1, -0.05) is 0 Å². The third-order valence-corrected chi connectivity index (χ3v) is 5.08. The largest absolute Gasteiger partial charge is 0.497 e. The topological polar surface area (TPSA) is 106 Å². The molecular weight excluding hydrogens is 387 g/mol. The molecule has 1 aromatic heterocycles. The molecule has 0 saturated heterocycles. The molecule has 0 aliphatic heterocycles. The van der Waals surface area contributed by atoms with Crippen LogP contribution >= 0.6 is 0 Å². The lowest BCUT2D eigenvalue weighted by Crippen LogP contribution is -2.19. The van der Waals surface area contributed by atoms with E-state index in [-0.39, 0.29) is 16.5 Å². The van der Waals surface area contributed by atoms with Crippen LogP contribution in [-0.2, 0) is 10.0 Å². The zero-order chi connectivity index (χ0) is 20.1. The fourth-order valence-corrected chi connectivity index (χ4v) is 3.43. The number of ether oxygens (including phenoxy) is 2. The minimum atomic E-state index is -4.01. The van der Waals surface area contributed by atoms with Crippen LogP contribution in [0.1, 0.15) is 5.56 Å². The van der Waals surface area contributed by atoms with E-state index >= 15 is 0 Å². The second-order valence-corrected chi connectivity index (χ2v) is 7.21. The van der Waals surface area contributed by atoms with Crippen LogP contribution < -0.4 is 14.3 Å². The van der Waals surface area contributed by atoms with Crippen molar-refractivity contribution < 1.29 is 22.3 Å². The molecule has 0 spiro atoms. The first kappa shape index (κ1) is 19.4. The molecule has 0 bridgehead atoms. The number of sulfonamides is 1. The lowest BCUT2D eigenvalue weighted by molar-refractivity contribution is 0.392. The molecule has 1 heterocycles. The van der Waals surface area contributed by atoms with Crippen molar-refractivity contribution in [2.24, 2.45) is 5.10 Å². The van der Waals surface area contributed by atoms with Crippen LogP contribution in [0.2, 0.25) is 0 Å². The monoisotopic (exact) mass is 404 g/mol. The molecule has 0 aliphatic rings. The van der Waals surface area contributed by atoms with Crippen LogP contribution in [0.4, 0.5) is 4.39 Å². The van der Waals surface area contributed by atoms with Crippen molar-refractivity contribution in [2.45, 2.75) is 4.90 Å². The zero-order valence-corrected chi connectivity index (χ0v) is 15.8. The summed E-state index contributed by atoms with van der Waals surface area (Å²) in [6.45, 7) is 0. The normalized spacial score (nSPS) is 11.5. The van der Waals surface area contributed by atoms with Gasteiger partial charge in [0.1, 0.15) is 22.2 Å². The minimum absolute atomic E-state index is 0.113. The first-order valence-electron chi connectivity index (χ1n) is 8.01. The highest BCUT2D eigenvalue weighted by atomic mass is 32.2. The van der Waals surface area contributed by atoms with Gasteiger partial charge in [0, 0.05) is 17.2 Å². The van der Waals surface area contributed by atoms with Crippen molar-refractivity contribution in [1.82, 2.24) is 15.0 Å². The Labute approximate surface area is 161 Å². The third-order valence-electron chi connectivity index (χ3n) is 3.84. The number of hydrogen-bond donors (Lipinski definition) is 2. The molecule has 10 heteroatoms. The van der Waals surface area contributed by atoms with Gasteiger partial charge in [0.2, 0.25) is 0 Å². The minimum Gasteiger partial charge on any atom is -0.497 e. The Morgan fingerprint density at radius 2 is 1.89 bits per heavy atom. The van der Waals surface area contributed by atoms with Gasteiger partial charge in [-0.2, -0.15) is 23.4 Å². The average Bonchev–Trinajstić information content (AvgIpc) is 3.16. The van der Waals surface area contributed by atoms with Gasteiger partial charge >= 0.3 is 0 Å². The number of nitrogens with zero attached hydrogens (tertiary/aromatic N) is 2. The summed E-state index contributed by atoms with van der Waals surface area (Å²) in [5.41, 5.74) is 1.77. The smallest absolute Gasteiger partial charge is 0.280 e. The lowest BCUT2D eigenvalue weighted by atomic mass is 10.1. The SMILES string of the molecule is COc1ccc(OC)c(S(=O)(=O)NN=Cc2cn[nH]c2-c2ccc(F)cc2)c1. The molecule has 8 nitrogen and oxygen atoms in total. The molecule has 146 valence electrons. The van der Waals surface area contributed by atoms with E-state index in [4.69, 9.17) is 9.47 Å². The Balaban J connectivity index is 1.84. The Kier molecular flexibility index (Phi) is 5.59. The van der Waals surface area contributed by atoms with Crippen molar-refractivity contribution in [2.75, 3.05) is 14.2 Å². The highest BCUT2D eigenvalue weighted by Crippen LogP contribution is 2.28. The third kappa shape index (κ3) is 4.12. The highest BCUT2D eigenvalue weighted by Gasteiger charge is 2.20. The molecule has 0 atom stereocenters. The van der Waals surface area contributed by atoms with Gasteiger partial charge < -0.3 is 9.47 Å². The molecule has 0 saturated carbocycles. The van der Waals surface area contributed by atoms with Gasteiger partial charge in [0.15, 0.2) is 0 Å². The second kappa shape index (κ2) is 8.09. The number of aromatic amines is 1. The van der Waals surface area contributed by atoms with Crippen LogP contribution in [0.15, 0.2) is 58.7 Å². The van der Waals surface area contributed by atoms with Gasteiger partial charge in [0.25, 0.3) is 10.0 Å². The van der Waals surface area contributed by atoms with E-state index in [1.54, 1.807) is 18.2 Å². The number of hydrogen-bond acceptors (Lipinski definition) is 6. The zero-order valence-electron chi connectivity index (χ0n) is 15.0. The van der Waals surface area contributed by atoms with E-state index in [9.17, 15) is 12.8 Å². The molecule has 28 heavy (non-hydrogen) atoms. The Bertz CT molecular complexity index is 1100. The average molecular weight is 404 g/mol. The summed E-state index contributed by atoms with van der Waals surface area (Å²) in [6.07, 6.45) is 2.77. The highest BCUT2D eigenvalue weighted by molar-refractivity contribution is 7.89. The maximum Gasteiger partial charge on any atom is 0.280 e. The summed E-state index contributed by atoms with van der Waals surface area (Å²) < 4.78 is 48.4. The predicted octanol–water partition coefficient (Wildman–Crippen LogP) is 2.55. The summed E-state index contributed by atoms with van der Waals surface area (Å²) in [5, 5.41) is 10.5. The molecule has 3 rings (SSSR count). The van der Waals surface area contributed by atoms with Gasteiger partial charge in [-0.25, -0.2) is 4.39 Å². The van der Waals surface area contributed by atoms with Gasteiger partial charge in [-0.3, -0.25) is 5.10 Å². The molecule has 0 amide bonds. The molecule has 3 aromatic rings. The molecule has 0 unspecified atom stereocenters. The molecule has 2 aromatic carbocycles. The number of nitrogens with one attached hydrogen (secondary N) is 2. The maximum atomic E-state index is 13.1. The fourth-order valence-electron chi connectivity index (χ4n) is 2.45. The summed E-state index contributed by atoms with van der Waals surface area (Å²) in [6, 6.07) is 10.2. The summed E-state index contributed by atoms with van der Waals surface area (Å²) >= 11 is 0. The van der Waals surface area contributed by atoms with Crippen molar-refractivity contribution in [1.29, 1.82) is 0 Å². The first-order valence-corrected chi connectivity index (χ1v) is 9.49. The first-order chi connectivity index (χ1) is 13.4. The quantitative estimate of drug-likeness (QED) is 0.465. The van der Waals surface area contributed by atoms with E-state index in [0.29, 0.717) is 22.6 Å². The van der Waals surface area contributed by atoms with E-state index in [2.05, 4.69) is 20.1 Å². The van der Waals surface area contributed by atoms with Crippen molar-refractivity contribution >= 4 is 16.2 Å². The number of halogens is 1. The van der Waals surface area contributed by atoms with Crippen LogP contribution in [-0.4, -0.2) is 39.0 Å². The van der Waals surface area contributed by atoms with Crippen molar-refractivity contribution in [3.05, 3.63) is 60.0 Å². The van der Waals surface area contributed by atoms with Gasteiger partial charge in [0.05, 0.1) is 32.3 Å². The molecule has 2 N–H and O–H groups in total. The summed E-state index contributed by atoms with van der Waals surface area (Å²) in [4.78, 5) is 2.02. The van der Waals surface area contributed by atoms with Crippen LogP contribution in [0.3, 0.4) is 0 Å². The van der Waals surface area contributed by atoms with E-state index in [0.717, 1.165) is 0 Å². The lowest BCUT2D eigenvalue weighted by Gasteiger charge is -2.10. The summed E-state index contributed by atoms with van der Waals surface area (Å²) in [5.74, 6) is 0.149. The fraction of sp³-hybridized carbons (Fsp3) is 0.111. The van der Waals surface area contributed by atoms with E-state index in [1.165, 1.54) is 50.9 Å². The number of H-pyrrole nitrogens is 1. The van der Waals surface area contributed by atoms with Crippen LogP contribution in [0, 0.1) is 5.82 Å². The standard InChI is InChI=1S/C18H17FN4O4S/c1-26-15-7-8-16(27-2)17(9-15)28(24,25)23-21-11-13-10-20-22-18(13)12-3-5-14(19)6-4-12/h3-11,23H,1-2H3,(H,20,22). The second-order valence-electron chi connectivity index (χ2n) is 5.58. The molecular formula is C18H17FN4O4S. The summed E-state index contributed by atoms with van der Waals surface area (Å²) in [7, 11) is -1.21. The predicted molar refractivity (Wildman–Crippen MR) is 101 cm³/mol. The van der Waals surface area contributed by atoms with Gasteiger partial charge in [-0.05, 0) is 36.4 Å². The van der Waals surface area contributed by atoms with Crippen molar-refractivity contribution in [3.8, 4) is 22.8 Å². The molecule has 0 fully saturated rings. The number of aromatic nitrogens is 2. The van der Waals surface area contributed by atoms with E-state index < -0.39 is 10.0 Å². The number of methoxy groups -OCH3 is 2. The van der Waals surface area contributed by atoms with E-state index in [1.807, 2.05) is 0 Å². The molecule has 0 radical (unpaired) electrons. The number of rotatable bonds is 7. The maximum absolute atomic E-state index is 13.1. The Morgan fingerprint density at radius 1 is 1.14 bits per heavy atom.